The van der Waals surface area contributed by atoms with Crippen LogP contribution in [0.1, 0.15) is 5.69 Å². The zero-order chi connectivity index (χ0) is 25.2. The summed E-state index contributed by atoms with van der Waals surface area (Å²) in [6, 6.07) is 41.4. The van der Waals surface area contributed by atoms with Crippen LogP contribution in [-0.2, 0) is 0 Å². The molecule has 0 aliphatic rings. The third kappa shape index (κ3) is 3.02. The van der Waals surface area contributed by atoms with Gasteiger partial charge in [0.2, 0.25) is 0 Å². The van der Waals surface area contributed by atoms with Crippen LogP contribution in [0.3, 0.4) is 0 Å². The van der Waals surface area contributed by atoms with Crippen molar-refractivity contribution in [2.24, 2.45) is 0 Å². The fourth-order valence-electron chi connectivity index (χ4n) is 5.97. The molecule has 8 aromatic rings. The summed E-state index contributed by atoms with van der Waals surface area (Å²) >= 11 is 0. The van der Waals surface area contributed by atoms with Gasteiger partial charge in [0.15, 0.2) is 0 Å². The molecule has 0 saturated heterocycles. The Kier molecular flexibility index (Phi) is 4.44. The molecule has 0 N–H and O–H groups in total. The molecule has 178 valence electrons. The van der Waals surface area contributed by atoms with Gasteiger partial charge < -0.3 is 4.57 Å². The van der Waals surface area contributed by atoms with Crippen LogP contribution in [0.5, 0.6) is 0 Å². The second-order valence-electron chi connectivity index (χ2n) is 9.93. The first-order valence-corrected chi connectivity index (χ1v) is 12.9. The highest BCUT2D eigenvalue weighted by Crippen LogP contribution is 2.37. The summed E-state index contributed by atoms with van der Waals surface area (Å²) in [7, 11) is 0. The number of hydrogen-bond donors (Lipinski definition) is 0. The van der Waals surface area contributed by atoms with Crippen molar-refractivity contribution in [3.63, 3.8) is 0 Å². The van der Waals surface area contributed by atoms with E-state index in [9.17, 15) is 0 Å². The minimum Gasteiger partial charge on any atom is -0.309 e. The number of aryl methyl sites for hydroxylation is 1. The molecule has 0 bridgehead atoms. The minimum absolute atomic E-state index is 0.931. The average Bonchev–Trinajstić information content (AvgIpc) is 3.31. The summed E-state index contributed by atoms with van der Waals surface area (Å²) in [4.78, 5) is 9.66. The second kappa shape index (κ2) is 7.99. The summed E-state index contributed by atoms with van der Waals surface area (Å²) in [6.45, 7) is 2.00. The monoisotopic (exact) mass is 485 g/mol. The van der Waals surface area contributed by atoms with E-state index in [1.54, 1.807) is 0 Å². The SMILES string of the molecule is Cc1cnc2c3ccc(-c4cccc(-n5c6ccccc6c6ccccc65)c4)cc3c3ccccc3c2n1. The second-order valence-corrected chi connectivity index (χ2v) is 9.93. The Morgan fingerprint density at radius 2 is 1.13 bits per heavy atom. The third-order valence-electron chi connectivity index (χ3n) is 7.66. The molecule has 0 atom stereocenters. The lowest BCUT2D eigenvalue weighted by Crippen LogP contribution is -1.94. The summed E-state index contributed by atoms with van der Waals surface area (Å²) in [5, 5.41) is 7.22. The van der Waals surface area contributed by atoms with E-state index >= 15 is 0 Å². The van der Waals surface area contributed by atoms with Crippen LogP contribution >= 0.6 is 0 Å². The zero-order valence-corrected chi connectivity index (χ0v) is 20.9. The smallest absolute Gasteiger partial charge is 0.0974 e. The molecule has 38 heavy (non-hydrogen) atoms. The normalized spacial score (nSPS) is 11.8. The number of rotatable bonds is 2. The lowest BCUT2D eigenvalue weighted by atomic mass is 9.95. The Hall–Kier alpha value is -5.02. The number of fused-ring (bicyclic) bond motifs is 9. The van der Waals surface area contributed by atoms with Crippen molar-refractivity contribution in [2.45, 2.75) is 6.92 Å². The van der Waals surface area contributed by atoms with Gasteiger partial charge in [-0.3, -0.25) is 4.98 Å². The molecule has 0 aliphatic carbocycles. The molecule has 0 radical (unpaired) electrons. The molecule has 0 saturated carbocycles. The number of benzene rings is 6. The van der Waals surface area contributed by atoms with Crippen molar-refractivity contribution in [2.75, 3.05) is 0 Å². The molecule has 2 heterocycles. The number of nitrogens with zero attached hydrogens (tertiary/aromatic N) is 3. The van der Waals surface area contributed by atoms with Gasteiger partial charge in [-0.25, -0.2) is 4.98 Å². The summed E-state index contributed by atoms with van der Waals surface area (Å²) in [5.41, 5.74) is 8.82. The molecule has 0 amide bonds. The predicted octanol–water partition coefficient (Wildman–Crippen LogP) is 9.01. The lowest BCUT2D eigenvalue weighted by Gasteiger charge is -2.13. The van der Waals surface area contributed by atoms with Gasteiger partial charge in [0.05, 0.1) is 27.8 Å². The Morgan fingerprint density at radius 3 is 1.89 bits per heavy atom. The summed E-state index contributed by atoms with van der Waals surface area (Å²) in [6.07, 6.45) is 1.86. The minimum atomic E-state index is 0.931. The maximum Gasteiger partial charge on any atom is 0.0974 e. The van der Waals surface area contributed by atoms with E-state index < -0.39 is 0 Å². The van der Waals surface area contributed by atoms with Crippen LogP contribution in [0.15, 0.2) is 121 Å². The van der Waals surface area contributed by atoms with Gasteiger partial charge in [0.1, 0.15) is 0 Å². The Bertz CT molecular complexity index is 2130. The lowest BCUT2D eigenvalue weighted by molar-refractivity contribution is 1.18. The third-order valence-corrected chi connectivity index (χ3v) is 7.66. The maximum atomic E-state index is 4.86. The van der Waals surface area contributed by atoms with Crippen LogP contribution in [0.2, 0.25) is 0 Å². The fraction of sp³-hybridized carbons (Fsp3) is 0.0286. The molecular weight excluding hydrogens is 462 g/mol. The Balaban J connectivity index is 1.37. The first-order chi connectivity index (χ1) is 18.8. The predicted molar refractivity (Wildman–Crippen MR) is 159 cm³/mol. The Labute approximate surface area is 219 Å². The van der Waals surface area contributed by atoms with Crippen molar-refractivity contribution >= 4 is 54.4 Å². The first kappa shape index (κ1) is 21.1. The molecule has 0 spiro atoms. The largest absolute Gasteiger partial charge is 0.309 e. The molecule has 3 nitrogen and oxygen atoms in total. The van der Waals surface area contributed by atoms with Gasteiger partial charge in [-0.1, -0.05) is 84.9 Å². The van der Waals surface area contributed by atoms with Gasteiger partial charge in [-0.15, -0.1) is 0 Å². The van der Waals surface area contributed by atoms with E-state index in [0.29, 0.717) is 0 Å². The quantitative estimate of drug-likeness (QED) is 0.229. The van der Waals surface area contributed by atoms with Gasteiger partial charge >= 0.3 is 0 Å². The van der Waals surface area contributed by atoms with E-state index in [4.69, 9.17) is 9.97 Å². The average molecular weight is 486 g/mol. The molecule has 2 aromatic heterocycles. The number of hydrogen-bond acceptors (Lipinski definition) is 2. The van der Waals surface area contributed by atoms with Crippen LogP contribution in [0.4, 0.5) is 0 Å². The van der Waals surface area contributed by atoms with E-state index in [2.05, 4.69) is 120 Å². The standard InChI is InChI=1S/C35H23N3/c1-22-21-36-34-30-18-17-24(20-31(30)26-11-2-3-14-29(26)35(34)37-22)23-9-8-10-25(19-23)38-32-15-6-4-12-27(32)28-13-5-7-16-33(28)38/h2-21H,1H3. The molecule has 0 aliphatic heterocycles. The summed E-state index contributed by atoms with van der Waals surface area (Å²) in [5.74, 6) is 0. The zero-order valence-electron chi connectivity index (χ0n) is 20.9. The van der Waals surface area contributed by atoms with Crippen molar-refractivity contribution in [1.82, 2.24) is 14.5 Å². The molecule has 3 heteroatoms. The molecule has 8 rings (SSSR count). The molecule has 6 aromatic carbocycles. The first-order valence-electron chi connectivity index (χ1n) is 12.9. The van der Waals surface area contributed by atoms with Gasteiger partial charge in [0.25, 0.3) is 0 Å². The van der Waals surface area contributed by atoms with Crippen LogP contribution < -0.4 is 0 Å². The van der Waals surface area contributed by atoms with Crippen LogP contribution in [-0.4, -0.2) is 14.5 Å². The molecule has 0 unspecified atom stereocenters. The van der Waals surface area contributed by atoms with Crippen LogP contribution in [0, 0.1) is 6.92 Å². The molecular formula is C35H23N3. The van der Waals surface area contributed by atoms with Crippen LogP contribution in [0.25, 0.3) is 71.2 Å². The topological polar surface area (TPSA) is 30.7 Å². The van der Waals surface area contributed by atoms with E-state index in [1.165, 1.54) is 43.7 Å². The van der Waals surface area contributed by atoms with Gasteiger partial charge in [-0.2, -0.15) is 0 Å². The van der Waals surface area contributed by atoms with Crippen molar-refractivity contribution < 1.29 is 0 Å². The maximum absolute atomic E-state index is 4.86. The van der Waals surface area contributed by atoms with Gasteiger partial charge in [-0.05, 0) is 59.2 Å². The van der Waals surface area contributed by atoms with Gasteiger partial charge in [0, 0.05) is 33.4 Å². The fourth-order valence-corrected chi connectivity index (χ4v) is 5.97. The number of para-hydroxylation sites is 2. The van der Waals surface area contributed by atoms with Crippen molar-refractivity contribution in [3.05, 3.63) is 127 Å². The van der Waals surface area contributed by atoms with E-state index in [-0.39, 0.29) is 0 Å². The highest BCUT2D eigenvalue weighted by atomic mass is 15.0. The Morgan fingerprint density at radius 1 is 0.500 bits per heavy atom. The van der Waals surface area contributed by atoms with Crippen molar-refractivity contribution in [3.8, 4) is 16.8 Å². The van der Waals surface area contributed by atoms with E-state index in [0.717, 1.165) is 33.2 Å². The van der Waals surface area contributed by atoms with Crippen molar-refractivity contribution in [1.29, 1.82) is 0 Å². The highest BCUT2D eigenvalue weighted by Gasteiger charge is 2.14. The van der Waals surface area contributed by atoms with E-state index in [1.807, 2.05) is 13.1 Å². The highest BCUT2D eigenvalue weighted by molar-refractivity contribution is 6.23. The number of aromatic nitrogens is 3. The summed E-state index contributed by atoms with van der Waals surface area (Å²) < 4.78 is 2.37. The molecule has 0 fully saturated rings.